The first-order valence-electron chi connectivity index (χ1n) is 9.61. The normalized spacial score (nSPS) is 39.9. The Labute approximate surface area is 159 Å². The first kappa shape index (κ1) is 20.0. The fourth-order valence-electron chi connectivity index (χ4n) is 4.04. The minimum atomic E-state index is -0.653. The standard InChI is InChI=1S/C20H28O7/c1-5-10(2)18(23)26-15-8-20(4)16(27-20)7-13(22)12(9-21)6-14-17(15)11(3)19(24)25-14/h10,12,14-17,21H,3,5-9H2,1-2,4H3/t10-,12+,14-,15-,16-,17+,20+/m1/s1. The molecular formula is C20H28O7. The van der Waals surface area contributed by atoms with E-state index in [0.29, 0.717) is 12.8 Å². The number of epoxide rings is 1. The smallest absolute Gasteiger partial charge is 0.334 e. The Hall–Kier alpha value is -1.73. The number of carbonyl (C=O) groups excluding carboxylic acids is 3. The van der Waals surface area contributed by atoms with E-state index >= 15 is 0 Å². The Kier molecular flexibility index (Phi) is 5.45. The van der Waals surface area contributed by atoms with E-state index in [1.54, 1.807) is 6.92 Å². The van der Waals surface area contributed by atoms with E-state index in [-0.39, 0.29) is 48.8 Å². The number of carbonyl (C=O) groups is 3. The van der Waals surface area contributed by atoms with Gasteiger partial charge < -0.3 is 19.3 Å². The molecule has 3 rings (SSSR count). The highest BCUT2D eigenvalue weighted by Gasteiger charge is 2.58. The van der Waals surface area contributed by atoms with Gasteiger partial charge in [0.2, 0.25) is 0 Å². The summed E-state index contributed by atoms with van der Waals surface area (Å²) in [5, 5.41) is 9.66. The van der Waals surface area contributed by atoms with Crippen LogP contribution in [0.4, 0.5) is 0 Å². The molecule has 2 heterocycles. The topological polar surface area (TPSA) is 102 Å². The van der Waals surface area contributed by atoms with Gasteiger partial charge in [-0.3, -0.25) is 9.59 Å². The van der Waals surface area contributed by atoms with Gasteiger partial charge in [-0.05, 0) is 19.8 Å². The molecule has 0 aromatic rings. The van der Waals surface area contributed by atoms with E-state index in [4.69, 9.17) is 14.2 Å². The van der Waals surface area contributed by atoms with Crippen molar-refractivity contribution >= 4 is 17.7 Å². The molecular weight excluding hydrogens is 352 g/mol. The van der Waals surface area contributed by atoms with E-state index in [9.17, 15) is 19.5 Å². The number of aliphatic hydroxyl groups is 1. The van der Waals surface area contributed by atoms with Crippen molar-refractivity contribution in [2.45, 2.75) is 70.4 Å². The maximum atomic E-state index is 12.5. The van der Waals surface area contributed by atoms with Crippen LogP contribution in [0.25, 0.3) is 0 Å². The minimum Gasteiger partial charge on any atom is -0.461 e. The first-order chi connectivity index (χ1) is 12.7. The Bertz CT molecular complexity index is 657. The second-order valence-electron chi connectivity index (χ2n) is 8.19. The SMILES string of the molecule is C=C1C(=O)O[C@@H]2C[C@@H](CO)C(=O)C[C@H]3O[C@@]3(C)C[C@@H](OC(=O)[C@H](C)CC)[C@@H]12. The number of ketones is 1. The van der Waals surface area contributed by atoms with Crippen molar-refractivity contribution in [3.8, 4) is 0 Å². The van der Waals surface area contributed by atoms with Crippen LogP contribution >= 0.6 is 0 Å². The predicted molar refractivity (Wildman–Crippen MR) is 94.6 cm³/mol. The summed E-state index contributed by atoms with van der Waals surface area (Å²) in [6.45, 7) is 9.09. The summed E-state index contributed by atoms with van der Waals surface area (Å²) >= 11 is 0. The molecule has 0 aromatic heterocycles. The van der Waals surface area contributed by atoms with Crippen molar-refractivity contribution in [2.75, 3.05) is 6.61 Å². The number of esters is 2. The summed E-state index contributed by atoms with van der Waals surface area (Å²) in [6, 6.07) is 0. The van der Waals surface area contributed by atoms with Crippen molar-refractivity contribution < 1.29 is 33.7 Å². The van der Waals surface area contributed by atoms with Gasteiger partial charge in [0.1, 0.15) is 18.0 Å². The second kappa shape index (κ2) is 7.36. The van der Waals surface area contributed by atoms with Crippen LogP contribution in [0.15, 0.2) is 12.2 Å². The van der Waals surface area contributed by atoms with Gasteiger partial charge in [-0.2, -0.15) is 0 Å². The van der Waals surface area contributed by atoms with Gasteiger partial charge in [0.15, 0.2) is 0 Å². The lowest BCUT2D eigenvalue weighted by Crippen LogP contribution is -2.40. The van der Waals surface area contributed by atoms with Crippen LogP contribution in [0.5, 0.6) is 0 Å². The fraction of sp³-hybridized carbons (Fsp3) is 0.750. The molecule has 7 heteroatoms. The van der Waals surface area contributed by atoms with Gasteiger partial charge in [0.05, 0.1) is 30.1 Å². The molecule has 1 aliphatic carbocycles. The summed E-state index contributed by atoms with van der Waals surface area (Å²) in [5.41, 5.74) is -0.364. The third kappa shape index (κ3) is 3.80. The van der Waals surface area contributed by atoms with Crippen molar-refractivity contribution in [3.05, 3.63) is 12.2 Å². The number of aliphatic hydroxyl groups excluding tert-OH is 1. The molecule has 1 N–H and O–H groups in total. The van der Waals surface area contributed by atoms with Crippen LogP contribution in [-0.2, 0) is 28.6 Å². The average molecular weight is 380 g/mol. The van der Waals surface area contributed by atoms with E-state index in [1.807, 2.05) is 13.8 Å². The molecule has 150 valence electrons. The second-order valence-corrected chi connectivity index (χ2v) is 8.19. The lowest BCUT2D eigenvalue weighted by molar-refractivity contribution is -0.159. The molecule has 0 bridgehead atoms. The monoisotopic (exact) mass is 380 g/mol. The maximum absolute atomic E-state index is 12.5. The summed E-state index contributed by atoms with van der Waals surface area (Å²) in [5.74, 6) is -2.44. The van der Waals surface area contributed by atoms with Crippen LogP contribution in [0.1, 0.15) is 46.5 Å². The molecule has 0 spiro atoms. The van der Waals surface area contributed by atoms with Crippen LogP contribution in [-0.4, -0.2) is 53.3 Å². The number of rotatable bonds is 4. The first-order valence-corrected chi connectivity index (χ1v) is 9.61. The average Bonchev–Trinajstić information content (AvgIpc) is 3.15. The van der Waals surface area contributed by atoms with Gasteiger partial charge >= 0.3 is 11.9 Å². The summed E-state index contributed by atoms with van der Waals surface area (Å²) in [4.78, 5) is 37.1. The third-order valence-corrected chi connectivity index (χ3v) is 6.23. The Morgan fingerprint density at radius 2 is 2.15 bits per heavy atom. The van der Waals surface area contributed by atoms with Gasteiger partial charge in [0, 0.05) is 24.3 Å². The van der Waals surface area contributed by atoms with Crippen LogP contribution < -0.4 is 0 Å². The number of hydrogen-bond acceptors (Lipinski definition) is 7. The van der Waals surface area contributed by atoms with Crippen molar-refractivity contribution in [1.29, 1.82) is 0 Å². The quantitative estimate of drug-likeness (QED) is 0.448. The highest BCUT2D eigenvalue weighted by atomic mass is 16.6. The lowest BCUT2D eigenvalue weighted by atomic mass is 9.79. The molecule has 7 atom stereocenters. The number of Topliss-reactive ketones (excluding diaryl/α,β-unsaturated/α-hetero) is 1. The number of hydrogen-bond donors (Lipinski definition) is 1. The molecule has 7 nitrogen and oxygen atoms in total. The predicted octanol–water partition coefficient (Wildman–Crippen LogP) is 1.56. The third-order valence-electron chi connectivity index (χ3n) is 6.23. The van der Waals surface area contributed by atoms with E-state index in [0.717, 1.165) is 0 Å². The minimum absolute atomic E-state index is 0.103. The molecule has 0 amide bonds. The molecule has 2 saturated heterocycles. The fourth-order valence-corrected chi connectivity index (χ4v) is 4.04. The zero-order valence-electron chi connectivity index (χ0n) is 16.1. The lowest BCUT2D eigenvalue weighted by Gasteiger charge is -2.31. The zero-order chi connectivity index (χ0) is 19.9. The highest BCUT2D eigenvalue weighted by molar-refractivity contribution is 5.91. The maximum Gasteiger partial charge on any atom is 0.334 e. The molecule has 0 unspecified atom stereocenters. The Morgan fingerprint density at radius 3 is 2.78 bits per heavy atom. The Morgan fingerprint density at radius 1 is 1.44 bits per heavy atom. The van der Waals surface area contributed by atoms with E-state index in [2.05, 4.69) is 6.58 Å². The van der Waals surface area contributed by atoms with E-state index in [1.165, 1.54) is 0 Å². The van der Waals surface area contributed by atoms with Crippen molar-refractivity contribution in [1.82, 2.24) is 0 Å². The van der Waals surface area contributed by atoms with Gasteiger partial charge in [-0.15, -0.1) is 0 Å². The molecule has 3 aliphatic rings. The molecule has 27 heavy (non-hydrogen) atoms. The summed E-state index contributed by atoms with van der Waals surface area (Å²) in [7, 11) is 0. The Balaban J connectivity index is 1.92. The van der Waals surface area contributed by atoms with Crippen LogP contribution in [0.3, 0.4) is 0 Å². The molecule has 0 aromatic carbocycles. The van der Waals surface area contributed by atoms with Gasteiger partial charge in [-0.25, -0.2) is 4.79 Å². The van der Waals surface area contributed by atoms with E-state index < -0.39 is 35.6 Å². The van der Waals surface area contributed by atoms with Crippen molar-refractivity contribution in [3.63, 3.8) is 0 Å². The highest BCUT2D eigenvalue weighted by Crippen LogP contribution is 2.48. The molecule has 3 fully saturated rings. The molecule has 0 radical (unpaired) electrons. The number of fused-ring (bicyclic) bond motifs is 2. The molecule has 2 aliphatic heterocycles. The van der Waals surface area contributed by atoms with Crippen molar-refractivity contribution in [2.24, 2.45) is 17.8 Å². The van der Waals surface area contributed by atoms with Crippen LogP contribution in [0.2, 0.25) is 0 Å². The van der Waals surface area contributed by atoms with Crippen LogP contribution in [0, 0.1) is 17.8 Å². The van der Waals surface area contributed by atoms with Gasteiger partial charge in [0.25, 0.3) is 0 Å². The summed E-state index contributed by atoms with van der Waals surface area (Å²) in [6.07, 6.45) is -0.156. The van der Waals surface area contributed by atoms with Gasteiger partial charge in [-0.1, -0.05) is 20.4 Å². The number of ether oxygens (including phenoxy) is 3. The largest absolute Gasteiger partial charge is 0.461 e. The summed E-state index contributed by atoms with van der Waals surface area (Å²) < 4.78 is 17.0. The zero-order valence-corrected chi connectivity index (χ0v) is 16.1. The molecule has 1 saturated carbocycles.